The summed E-state index contributed by atoms with van der Waals surface area (Å²) < 4.78 is 6.18. The fourth-order valence-corrected chi connectivity index (χ4v) is 4.38. The van der Waals surface area contributed by atoms with Crippen LogP contribution in [-0.4, -0.2) is 28.7 Å². The molecule has 0 aromatic heterocycles. The van der Waals surface area contributed by atoms with Crippen molar-refractivity contribution in [2.45, 2.75) is 31.9 Å². The number of piperidine rings is 1. The van der Waals surface area contributed by atoms with Crippen LogP contribution in [0, 0.1) is 0 Å². The minimum Gasteiger partial charge on any atom is -0.485 e. The highest BCUT2D eigenvalue weighted by atomic mass is 16.5. The second-order valence-electron chi connectivity index (χ2n) is 8.17. The molecule has 2 aliphatic heterocycles. The highest BCUT2D eigenvalue weighted by molar-refractivity contribution is 6.24. The van der Waals surface area contributed by atoms with Gasteiger partial charge in [0.2, 0.25) is 5.91 Å². The molecule has 1 N–H and O–H groups in total. The first kappa shape index (κ1) is 20.0. The Labute approximate surface area is 185 Å². The van der Waals surface area contributed by atoms with Crippen LogP contribution in [0.2, 0.25) is 0 Å². The van der Waals surface area contributed by atoms with E-state index < -0.39 is 17.9 Å². The first-order valence-electron chi connectivity index (χ1n) is 10.6. The maximum absolute atomic E-state index is 13.3. The van der Waals surface area contributed by atoms with Crippen LogP contribution in [-0.2, 0) is 4.79 Å². The lowest BCUT2D eigenvalue weighted by atomic mass is 10.0. The maximum Gasteiger partial charge on any atom is 0.266 e. The van der Waals surface area contributed by atoms with Gasteiger partial charge in [-0.15, -0.1) is 0 Å². The lowest BCUT2D eigenvalue weighted by molar-refractivity contribution is -0.125. The number of fused-ring (bicyclic) bond motifs is 2. The van der Waals surface area contributed by atoms with Crippen LogP contribution in [0.3, 0.4) is 0 Å². The van der Waals surface area contributed by atoms with Crippen molar-refractivity contribution in [3.63, 3.8) is 0 Å². The number of nitrogens with zero attached hydrogens (tertiary/aromatic N) is 1. The zero-order valence-corrected chi connectivity index (χ0v) is 17.6. The monoisotopic (exact) mass is 426 g/mol. The number of hydrogen-bond donors (Lipinski definition) is 1. The Hall–Kier alpha value is -3.93. The molecule has 0 radical (unpaired) electrons. The molecular weight excluding hydrogens is 404 g/mol. The van der Waals surface area contributed by atoms with Crippen molar-refractivity contribution < 1.29 is 19.1 Å². The van der Waals surface area contributed by atoms with Crippen LogP contribution in [0.15, 0.2) is 72.9 Å². The lowest BCUT2D eigenvalue weighted by Gasteiger charge is -2.29. The van der Waals surface area contributed by atoms with Crippen molar-refractivity contribution in [2.24, 2.45) is 0 Å². The van der Waals surface area contributed by atoms with Crippen molar-refractivity contribution in [1.29, 1.82) is 0 Å². The van der Waals surface area contributed by atoms with Crippen LogP contribution >= 0.6 is 0 Å². The molecule has 0 spiro atoms. The quantitative estimate of drug-likeness (QED) is 0.629. The predicted octanol–water partition coefficient (Wildman–Crippen LogP) is 4.37. The molecule has 3 amide bonds. The molecule has 3 aromatic rings. The number of nitrogens with one attached hydrogen (secondary N) is 1. The molecular formula is C26H22N2O4. The summed E-state index contributed by atoms with van der Waals surface area (Å²) >= 11 is 0. The average Bonchev–Trinajstić information content (AvgIpc) is 3.04. The Morgan fingerprint density at radius 1 is 1.00 bits per heavy atom. The van der Waals surface area contributed by atoms with Crippen LogP contribution in [0.4, 0.5) is 0 Å². The molecule has 1 saturated heterocycles. The summed E-state index contributed by atoms with van der Waals surface area (Å²) in [7, 11) is 0. The van der Waals surface area contributed by atoms with E-state index in [4.69, 9.17) is 4.74 Å². The number of benzene rings is 3. The molecule has 2 atom stereocenters. The topological polar surface area (TPSA) is 75.7 Å². The Balaban J connectivity index is 1.45. The average molecular weight is 426 g/mol. The van der Waals surface area contributed by atoms with Crippen LogP contribution in [0.25, 0.3) is 10.8 Å². The van der Waals surface area contributed by atoms with Gasteiger partial charge in [0.1, 0.15) is 17.9 Å². The summed E-state index contributed by atoms with van der Waals surface area (Å²) in [4.78, 5) is 39.8. The molecule has 0 saturated carbocycles. The molecule has 2 aliphatic rings. The lowest BCUT2D eigenvalue weighted by Crippen LogP contribution is -2.51. The smallest absolute Gasteiger partial charge is 0.266 e. The predicted molar refractivity (Wildman–Crippen MR) is 120 cm³/mol. The first-order valence-corrected chi connectivity index (χ1v) is 10.6. The number of carbonyl (C=O) groups is 3. The first-order chi connectivity index (χ1) is 15.4. The van der Waals surface area contributed by atoms with Crippen LogP contribution < -0.4 is 10.1 Å². The highest BCUT2D eigenvalue weighted by Gasteiger charge is 2.45. The molecule has 160 valence electrons. The van der Waals surface area contributed by atoms with Crippen LogP contribution in [0.1, 0.15) is 52.1 Å². The van der Waals surface area contributed by atoms with Gasteiger partial charge >= 0.3 is 0 Å². The summed E-state index contributed by atoms with van der Waals surface area (Å²) in [5, 5.41) is 4.88. The minimum absolute atomic E-state index is 0.210. The van der Waals surface area contributed by atoms with Gasteiger partial charge in [0, 0.05) is 5.70 Å². The summed E-state index contributed by atoms with van der Waals surface area (Å²) in [5.74, 6) is -1.02. The van der Waals surface area contributed by atoms with E-state index in [0.29, 0.717) is 24.3 Å². The summed E-state index contributed by atoms with van der Waals surface area (Å²) in [6, 6.07) is 18.3. The highest BCUT2D eigenvalue weighted by Crippen LogP contribution is 2.36. The van der Waals surface area contributed by atoms with Gasteiger partial charge in [-0.3, -0.25) is 19.3 Å². The zero-order chi connectivity index (χ0) is 22.4. The van der Waals surface area contributed by atoms with Gasteiger partial charge in [0.05, 0.1) is 11.1 Å². The van der Waals surface area contributed by atoms with Crippen molar-refractivity contribution in [2.75, 3.05) is 0 Å². The van der Waals surface area contributed by atoms with E-state index >= 15 is 0 Å². The van der Waals surface area contributed by atoms with E-state index in [0.717, 1.165) is 21.2 Å². The molecule has 32 heavy (non-hydrogen) atoms. The standard InChI is InChI=1S/C26H22N2O4/c1-15-10-13-21(24(29)27-15)28-25(30)20-8-5-9-22(23(20)26(28)31)32-16(2)18-12-11-17-6-3-4-7-19(17)14-18/h3-9,11-12,14,16,21H,1,10,13H2,2H3,(H,27,29). The molecule has 0 bridgehead atoms. The molecule has 3 aromatic carbocycles. The number of rotatable bonds is 4. The largest absolute Gasteiger partial charge is 0.485 e. The third-order valence-corrected chi connectivity index (χ3v) is 6.09. The SMILES string of the molecule is C=C1CCC(N2C(=O)c3cccc(OC(C)c4ccc5ccccc5c4)c3C2=O)C(=O)N1. The fourth-order valence-electron chi connectivity index (χ4n) is 4.38. The number of amides is 3. The molecule has 5 rings (SSSR count). The molecule has 1 fully saturated rings. The van der Waals surface area contributed by atoms with Gasteiger partial charge in [-0.05, 0) is 54.3 Å². The summed E-state index contributed by atoms with van der Waals surface area (Å²) in [6.45, 7) is 5.66. The second kappa shape index (κ2) is 7.64. The Morgan fingerprint density at radius 3 is 2.56 bits per heavy atom. The van der Waals surface area contributed by atoms with Gasteiger partial charge in [-0.2, -0.15) is 0 Å². The number of carbonyl (C=O) groups excluding carboxylic acids is 3. The van der Waals surface area contributed by atoms with E-state index in [1.54, 1.807) is 18.2 Å². The van der Waals surface area contributed by atoms with Crippen molar-refractivity contribution in [1.82, 2.24) is 10.2 Å². The fraction of sp³-hybridized carbons (Fsp3) is 0.192. The molecule has 6 heteroatoms. The zero-order valence-electron chi connectivity index (χ0n) is 17.6. The van der Waals surface area contributed by atoms with Crippen molar-refractivity contribution in [3.8, 4) is 5.75 Å². The maximum atomic E-state index is 13.3. The third kappa shape index (κ3) is 3.24. The Bertz CT molecular complexity index is 1300. The van der Waals surface area contributed by atoms with Gasteiger partial charge < -0.3 is 10.1 Å². The van der Waals surface area contributed by atoms with Gasteiger partial charge in [-0.25, -0.2) is 0 Å². The van der Waals surface area contributed by atoms with E-state index in [1.165, 1.54) is 0 Å². The van der Waals surface area contributed by atoms with E-state index in [-0.39, 0.29) is 23.1 Å². The molecule has 0 aliphatic carbocycles. The van der Waals surface area contributed by atoms with Gasteiger partial charge in [0.15, 0.2) is 0 Å². The Kier molecular flexibility index (Phi) is 4.78. The normalized spacial score (nSPS) is 19.2. The second-order valence-corrected chi connectivity index (χ2v) is 8.17. The third-order valence-electron chi connectivity index (χ3n) is 6.09. The van der Waals surface area contributed by atoms with Gasteiger partial charge in [-0.1, -0.05) is 49.0 Å². The summed E-state index contributed by atoms with van der Waals surface area (Å²) in [5.41, 5.74) is 2.02. The minimum atomic E-state index is -0.848. The molecule has 6 nitrogen and oxygen atoms in total. The van der Waals surface area contributed by atoms with Gasteiger partial charge in [0.25, 0.3) is 11.8 Å². The molecule has 2 heterocycles. The molecule has 2 unspecified atom stereocenters. The van der Waals surface area contributed by atoms with Crippen molar-refractivity contribution >= 4 is 28.5 Å². The van der Waals surface area contributed by atoms with Crippen molar-refractivity contribution in [3.05, 3.63) is 89.6 Å². The van der Waals surface area contributed by atoms with E-state index in [2.05, 4.69) is 18.0 Å². The number of ether oxygens (including phenoxy) is 1. The number of allylic oxidation sites excluding steroid dienone is 1. The number of hydrogen-bond acceptors (Lipinski definition) is 4. The summed E-state index contributed by atoms with van der Waals surface area (Å²) in [6.07, 6.45) is 0.538. The van der Waals surface area contributed by atoms with Crippen LogP contribution in [0.5, 0.6) is 5.75 Å². The van der Waals surface area contributed by atoms with E-state index in [9.17, 15) is 14.4 Å². The Morgan fingerprint density at radius 2 is 1.78 bits per heavy atom. The number of imide groups is 1. The van der Waals surface area contributed by atoms with E-state index in [1.807, 2.05) is 43.3 Å².